The monoisotopic (exact) mass is 299 g/mol. The van der Waals surface area contributed by atoms with Gasteiger partial charge in [-0.05, 0) is 79.4 Å². The number of allylic oxidation sites excluding steroid dienone is 2. The molecule has 0 aromatic heterocycles. The molecule has 1 nitrogen and oxygen atoms in total. The van der Waals surface area contributed by atoms with Gasteiger partial charge >= 0.3 is 0 Å². The van der Waals surface area contributed by atoms with E-state index in [4.69, 9.17) is 5.73 Å². The molecule has 7 atom stereocenters. The molecule has 4 aliphatic carbocycles. The average Bonchev–Trinajstić information content (AvgIpc) is 2.77. The zero-order valence-electron chi connectivity index (χ0n) is 14.7. The van der Waals surface area contributed by atoms with Gasteiger partial charge in [-0.25, -0.2) is 0 Å². The predicted octanol–water partition coefficient (Wildman–Crippen LogP) is 5.08. The zero-order valence-corrected chi connectivity index (χ0v) is 14.7. The van der Waals surface area contributed by atoms with Crippen LogP contribution in [0.5, 0.6) is 0 Å². The first-order valence-corrected chi connectivity index (χ1v) is 9.52. The third-order valence-corrected chi connectivity index (χ3v) is 8.67. The Balaban J connectivity index is 1.72. The van der Waals surface area contributed by atoms with Crippen LogP contribution in [0.4, 0.5) is 0 Å². The predicted molar refractivity (Wildman–Crippen MR) is 93.4 cm³/mol. The largest absolute Gasteiger partial charge is 0.324 e. The number of nitrogens with two attached hydrogens (primary N) is 1. The molecule has 1 heteroatoms. The molecule has 0 aliphatic heterocycles. The summed E-state index contributed by atoms with van der Waals surface area (Å²) in [6, 6.07) is 0.301. The Labute approximate surface area is 136 Å². The summed E-state index contributed by atoms with van der Waals surface area (Å²) < 4.78 is 0. The fourth-order valence-corrected chi connectivity index (χ4v) is 7.10. The molecule has 0 amide bonds. The van der Waals surface area contributed by atoms with E-state index in [-0.39, 0.29) is 0 Å². The molecule has 6 unspecified atom stereocenters. The SMILES string of the molecule is C=C1CCC2C3CCC4=CC(N)C[C@H](C)C4(C)C3CCC12C. The second-order valence-electron chi connectivity index (χ2n) is 9.29. The Bertz CT molecular complexity index is 532. The maximum absolute atomic E-state index is 6.30. The Hall–Kier alpha value is -0.560. The van der Waals surface area contributed by atoms with E-state index in [0.29, 0.717) is 16.9 Å². The molecular weight excluding hydrogens is 266 g/mol. The average molecular weight is 300 g/mol. The topological polar surface area (TPSA) is 26.0 Å². The second-order valence-corrected chi connectivity index (χ2v) is 9.29. The van der Waals surface area contributed by atoms with Crippen molar-refractivity contribution in [1.82, 2.24) is 0 Å². The van der Waals surface area contributed by atoms with Gasteiger partial charge < -0.3 is 5.73 Å². The van der Waals surface area contributed by atoms with Crippen molar-refractivity contribution >= 4 is 0 Å². The number of fused-ring (bicyclic) bond motifs is 5. The van der Waals surface area contributed by atoms with E-state index in [1.54, 1.807) is 11.1 Å². The highest BCUT2D eigenvalue weighted by Crippen LogP contribution is 2.67. The van der Waals surface area contributed by atoms with E-state index in [0.717, 1.165) is 23.7 Å². The lowest BCUT2D eigenvalue weighted by Gasteiger charge is -2.60. The van der Waals surface area contributed by atoms with Crippen molar-refractivity contribution in [3.05, 3.63) is 23.8 Å². The Morgan fingerprint density at radius 3 is 2.68 bits per heavy atom. The van der Waals surface area contributed by atoms with Crippen LogP contribution in [0.2, 0.25) is 0 Å². The summed E-state index contributed by atoms with van der Waals surface area (Å²) in [5.41, 5.74) is 10.4. The number of rotatable bonds is 0. The van der Waals surface area contributed by atoms with Crippen LogP contribution in [-0.4, -0.2) is 6.04 Å². The highest BCUT2D eigenvalue weighted by Gasteiger charge is 2.58. The maximum Gasteiger partial charge on any atom is 0.0229 e. The smallest absolute Gasteiger partial charge is 0.0229 e. The maximum atomic E-state index is 6.30. The molecule has 0 aromatic carbocycles. The van der Waals surface area contributed by atoms with E-state index in [9.17, 15) is 0 Å². The molecule has 122 valence electrons. The molecule has 2 N–H and O–H groups in total. The minimum atomic E-state index is 0.301. The lowest BCUT2D eigenvalue weighted by molar-refractivity contribution is -0.0466. The van der Waals surface area contributed by atoms with Crippen LogP contribution >= 0.6 is 0 Å². The molecule has 0 saturated heterocycles. The molecule has 0 bridgehead atoms. The third-order valence-electron chi connectivity index (χ3n) is 8.67. The first-order valence-electron chi connectivity index (χ1n) is 9.52. The minimum absolute atomic E-state index is 0.301. The normalized spacial score (nSPS) is 54.3. The van der Waals surface area contributed by atoms with Gasteiger partial charge in [0.15, 0.2) is 0 Å². The number of hydrogen-bond acceptors (Lipinski definition) is 1. The first-order chi connectivity index (χ1) is 10.4. The van der Waals surface area contributed by atoms with Crippen LogP contribution in [0.1, 0.15) is 65.7 Å². The summed E-state index contributed by atoms with van der Waals surface area (Å²) in [7, 11) is 0. The summed E-state index contributed by atoms with van der Waals surface area (Å²) in [6.07, 6.45) is 11.8. The summed E-state index contributed by atoms with van der Waals surface area (Å²) in [5, 5.41) is 0. The van der Waals surface area contributed by atoms with Gasteiger partial charge in [-0.15, -0.1) is 0 Å². The Kier molecular flexibility index (Phi) is 3.22. The second kappa shape index (κ2) is 4.72. The standard InChI is InChI=1S/C21H33N/c1-13-5-8-18-17-7-6-15-12-16(22)11-14(2)21(15,4)19(17)9-10-20(13,18)3/h12,14,16-19H,1,5-11,22H2,2-4H3/t14-,16?,17?,18?,19?,20?,21?/m0/s1. The molecule has 0 spiro atoms. The quantitative estimate of drug-likeness (QED) is 0.620. The molecule has 0 radical (unpaired) electrons. The van der Waals surface area contributed by atoms with Crippen LogP contribution in [0.25, 0.3) is 0 Å². The van der Waals surface area contributed by atoms with E-state index in [1.807, 2.05) is 0 Å². The summed E-state index contributed by atoms with van der Waals surface area (Å²) in [5.74, 6) is 3.46. The van der Waals surface area contributed by atoms with Crippen molar-refractivity contribution in [1.29, 1.82) is 0 Å². The van der Waals surface area contributed by atoms with Crippen molar-refractivity contribution in [3.63, 3.8) is 0 Å². The fourth-order valence-electron chi connectivity index (χ4n) is 7.10. The van der Waals surface area contributed by atoms with Crippen LogP contribution in [-0.2, 0) is 0 Å². The van der Waals surface area contributed by atoms with Gasteiger partial charge in [0.1, 0.15) is 0 Å². The first kappa shape index (κ1) is 15.0. The van der Waals surface area contributed by atoms with Crippen molar-refractivity contribution < 1.29 is 0 Å². The fraction of sp³-hybridized carbons (Fsp3) is 0.810. The van der Waals surface area contributed by atoms with Crippen molar-refractivity contribution in [2.75, 3.05) is 0 Å². The van der Waals surface area contributed by atoms with Gasteiger partial charge in [0.25, 0.3) is 0 Å². The molecule has 0 heterocycles. The van der Waals surface area contributed by atoms with Gasteiger partial charge in [0, 0.05) is 6.04 Å². The summed E-state index contributed by atoms with van der Waals surface area (Å²) in [4.78, 5) is 0. The van der Waals surface area contributed by atoms with Crippen LogP contribution in [0.3, 0.4) is 0 Å². The van der Waals surface area contributed by atoms with E-state index >= 15 is 0 Å². The van der Waals surface area contributed by atoms with Crippen LogP contribution in [0, 0.1) is 34.5 Å². The van der Waals surface area contributed by atoms with Crippen molar-refractivity contribution in [2.45, 2.75) is 71.8 Å². The third kappa shape index (κ3) is 1.75. The van der Waals surface area contributed by atoms with Crippen molar-refractivity contribution in [2.24, 2.45) is 40.2 Å². The molecule has 0 aromatic rings. The Morgan fingerprint density at radius 2 is 1.91 bits per heavy atom. The summed E-state index contributed by atoms with van der Waals surface area (Å²) >= 11 is 0. The molecule has 22 heavy (non-hydrogen) atoms. The lowest BCUT2D eigenvalue weighted by atomic mass is 9.45. The molecule has 3 saturated carbocycles. The number of hydrogen-bond donors (Lipinski definition) is 1. The molecular formula is C21H33N. The molecule has 4 rings (SSSR count). The minimum Gasteiger partial charge on any atom is -0.324 e. The van der Waals surface area contributed by atoms with Crippen LogP contribution < -0.4 is 5.73 Å². The van der Waals surface area contributed by atoms with Gasteiger partial charge in [-0.3, -0.25) is 0 Å². The lowest BCUT2D eigenvalue weighted by Crippen LogP contribution is -2.53. The highest BCUT2D eigenvalue weighted by molar-refractivity contribution is 5.29. The van der Waals surface area contributed by atoms with Crippen LogP contribution in [0.15, 0.2) is 23.8 Å². The van der Waals surface area contributed by atoms with Crippen molar-refractivity contribution in [3.8, 4) is 0 Å². The van der Waals surface area contributed by atoms with E-state index < -0.39 is 0 Å². The van der Waals surface area contributed by atoms with Gasteiger partial charge in [0.2, 0.25) is 0 Å². The van der Waals surface area contributed by atoms with Gasteiger partial charge in [-0.2, -0.15) is 0 Å². The molecule has 4 aliphatic rings. The van der Waals surface area contributed by atoms with E-state index in [2.05, 4.69) is 33.4 Å². The Morgan fingerprint density at radius 1 is 1.14 bits per heavy atom. The van der Waals surface area contributed by atoms with E-state index in [1.165, 1.54) is 44.9 Å². The van der Waals surface area contributed by atoms with Gasteiger partial charge in [-0.1, -0.05) is 44.6 Å². The highest BCUT2D eigenvalue weighted by atomic mass is 14.7. The summed E-state index contributed by atoms with van der Waals surface area (Å²) in [6.45, 7) is 12.0. The zero-order chi connectivity index (χ0) is 15.7. The molecule has 3 fully saturated rings. The van der Waals surface area contributed by atoms with Gasteiger partial charge in [0.05, 0.1) is 0 Å².